The zero-order valence-corrected chi connectivity index (χ0v) is 14.0. The summed E-state index contributed by atoms with van der Waals surface area (Å²) >= 11 is 3.18. The maximum Gasteiger partial charge on any atom is 0.337 e. The number of carbonyl (C=O) groups excluding carboxylic acids is 2. The lowest BCUT2D eigenvalue weighted by Gasteiger charge is -2.34. The normalized spacial score (nSPS) is 18.3. The van der Waals surface area contributed by atoms with Crippen molar-refractivity contribution in [1.82, 2.24) is 10.2 Å². The first-order valence-electron chi connectivity index (χ1n) is 6.72. The highest BCUT2D eigenvalue weighted by Crippen LogP contribution is 2.33. The van der Waals surface area contributed by atoms with Crippen LogP contribution in [0.2, 0.25) is 0 Å². The molecule has 0 aliphatic carbocycles. The molecule has 0 spiro atoms. The average Bonchev–Trinajstić information content (AvgIpc) is 2.46. The molecule has 1 N–H and O–H groups in total. The second kappa shape index (κ2) is 6.48. The van der Waals surface area contributed by atoms with Crippen LogP contribution >= 0.6 is 15.9 Å². The van der Waals surface area contributed by atoms with Crippen molar-refractivity contribution in [3.63, 3.8) is 0 Å². The van der Waals surface area contributed by atoms with Gasteiger partial charge in [-0.15, -0.1) is 0 Å². The number of esters is 1. The smallest absolute Gasteiger partial charge is 0.337 e. The van der Waals surface area contributed by atoms with E-state index in [1.54, 1.807) is 19.9 Å². The lowest BCUT2D eigenvalue weighted by molar-refractivity contribution is -0.136. The molecule has 1 heterocycles. The fourth-order valence-corrected chi connectivity index (χ4v) is 2.84. The van der Waals surface area contributed by atoms with Crippen LogP contribution in [-0.2, 0) is 9.53 Å². The molecule has 0 radical (unpaired) electrons. The van der Waals surface area contributed by atoms with E-state index in [2.05, 4.69) is 21.2 Å². The molecule has 22 heavy (non-hydrogen) atoms. The van der Waals surface area contributed by atoms with Gasteiger partial charge >= 0.3 is 12.0 Å². The Kier molecular flexibility index (Phi) is 4.85. The highest BCUT2D eigenvalue weighted by Gasteiger charge is 2.36. The van der Waals surface area contributed by atoms with Crippen LogP contribution in [0, 0.1) is 5.82 Å². The Bertz CT molecular complexity index is 660. The number of hydrogen-bond donors (Lipinski definition) is 1. The molecule has 0 saturated heterocycles. The highest BCUT2D eigenvalue weighted by molar-refractivity contribution is 9.10. The van der Waals surface area contributed by atoms with Gasteiger partial charge in [-0.3, -0.25) is 4.90 Å². The molecule has 1 aliphatic heterocycles. The van der Waals surface area contributed by atoms with Gasteiger partial charge in [-0.05, 0) is 26.0 Å². The average molecular weight is 371 g/mol. The fraction of sp³-hybridized carbons (Fsp3) is 0.333. The van der Waals surface area contributed by atoms with Crippen molar-refractivity contribution in [3.05, 3.63) is 45.3 Å². The van der Waals surface area contributed by atoms with E-state index < -0.39 is 17.8 Å². The minimum Gasteiger partial charge on any atom is -0.466 e. The Morgan fingerprint density at radius 1 is 1.50 bits per heavy atom. The van der Waals surface area contributed by atoms with Crippen molar-refractivity contribution in [1.29, 1.82) is 0 Å². The summed E-state index contributed by atoms with van der Waals surface area (Å²) in [5.41, 5.74) is 0.905. The number of nitrogens with zero attached hydrogens (tertiary/aromatic N) is 1. The van der Waals surface area contributed by atoms with E-state index in [0.29, 0.717) is 16.7 Å². The van der Waals surface area contributed by atoms with Gasteiger partial charge in [-0.1, -0.05) is 22.0 Å². The first-order valence-corrected chi connectivity index (χ1v) is 7.52. The number of amides is 2. The van der Waals surface area contributed by atoms with Crippen LogP contribution in [0.1, 0.15) is 25.5 Å². The van der Waals surface area contributed by atoms with Gasteiger partial charge in [0.1, 0.15) is 5.82 Å². The van der Waals surface area contributed by atoms with E-state index in [1.807, 2.05) is 0 Å². The first-order chi connectivity index (χ1) is 10.4. The molecular weight excluding hydrogens is 355 g/mol. The number of carbonyl (C=O) groups is 2. The van der Waals surface area contributed by atoms with Gasteiger partial charge < -0.3 is 10.1 Å². The number of allylic oxidation sites excluding steroid dienone is 1. The molecule has 2 rings (SSSR count). The molecule has 1 aromatic carbocycles. The monoisotopic (exact) mass is 370 g/mol. The fourth-order valence-electron chi connectivity index (χ4n) is 2.51. The van der Waals surface area contributed by atoms with Gasteiger partial charge in [0.15, 0.2) is 0 Å². The zero-order valence-electron chi connectivity index (χ0n) is 12.4. The van der Waals surface area contributed by atoms with Crippen LogP contribution in [0.25, 0.3) is 0 Å². The largest absolute Gasteiger partial charge is 0.466 e. The molecule has 1 aliphatic rings. The van der Waals surface area contributed by atoms with Gasteiger partial charge in [0, 0.05) is 22.3 Å². The Balaban J connectivity index is 2.60. The van der Waals surface area contributed by atoms with Crippen LogP contribution in [0.15, 0.2) is 33.9 Å². The number of hydrogen-bond acceptors (Lipinski definition) is 3. The van der Waals surface area contributed by atoms with Crippen molar-refractivity contribution in [3.8, 4) is 0 Å². The molecule has 2 amide bonds. The summed E-state index contributed by atoms with van der Waals surface area (Å²) in [6, 6.07) is 3.22. The lowest BCUT2D eigenvalue weighted by Crippen LogP contribution is -2.48. The predicted octanol–water partition coefficient (Wildman–Crippen LogP) is 3.12. The molecule has 7 heteroatoms. The van der Waals surface area contributed by atoms with Gasteiger partial charge in [0.05, 0.1) is 18.7 Å². The maximum atomic E-state index is 14.2. The Morgan fingerprint density at radius 2 is 2.18 bits per heavy atom. The molecule has 0 fully saturated rings. The Hall–Kier alpha value is -1.89. The SMILES string of the molecule is CCN1C(=O)N[C@H](c2ccc(Br)cc2F)C(C(=O)OC)=C1C. The molecule has 0 bridgehead atoms. The predicted molar refractivity (Wildman–Crippen MR) is 82.5 cm³/mol. The lowest BCUT2D eigenvalue weighted by atomic mass is 9.94. The quantitative estimate of drug-likeness (QED) is 0.831. The van der Waals surface area contributed by atoms with Gasteiger partial charge in [-0.2, -0.15) is 0 Å². The summed E-state index contributed by atoms with van der Waals surface area (Å²) in [6.07, 6.45) is 0. The second-order valence-corrected chi connectivity index (χ2v) is 5.70. The van der Waals surface area contributed by atoms with Gasteiger partial charge in [0.25, 0.3) is 0 Å². The molecule has 0 aromatic heterocycles. The number of rotatable bonds is 3. The maximum absolute atomic E-state index is 14.2. The van der Waals surface area contributed by atoms with Crippen molar-refractivity contribution in [2.24, 2.45) is 0 Å². The summed E-state index contributed by atoms with van der Waals surface area (Å²) < 4.78 is 19.6. The number of halogens is 2. The van der Waals surface area contributed by atoms with Crippen molar-refractivity contribution in [2.45, 2.75) is 19.9 Å². The number of benzene rings is 1. The van der Waals surface area contributed by atoms with Crippen molar-refractivity contribution >= 4 is 27.9 Å². The topological polar surface area (TPSA) is 58.6 Å². The Morgan fingerprint density at radius 3 is 2.73 bits per heavy atom. The van der Waals surface area contributed by atoms with E-state index in [9.17, 15) is 14.0 Å². The van der Waals surface area contributed by atoms with E-state index in [1.165, 1.54) is 24.1 Å². The highest BCUT2D eigenvalue weighted by atomic mass is 79.9. The van der Waals surface area contributed by atoms with Crippen LogP contribution in [0.3, 0.4) is 0 Å². The minimum atomic E-state index is -0.879. The number of nitrogens with one attached hydrogen (secondary N) is 1. The third-order valence-corrected chi connectivity index (χ3v) is 4.08. The summed E-state index contributed by atoms with van der Waals surface area (Å²) in [7, 11) is 1.25. The molecule has 0 unspecified atom stereocenters. The molecule has 118 valence electrons. The number of urea groups is 1. The molecule has 1 atom stereocenters. The van der Waals surface area contributed by atoms with E-state index >= 15 is 0 Å². The molecule has 5 nitrogen and oxygen atoms in total. The summed E-state index contributed by atoms with van der Waals surface area (Å²) in [5.74, 6) is -1.11. The molecule has 1 aromatic rings. The van der Waals surface area contributed by atoms with E-state index in [-0.39, 0.29) is 17.2 Å². The summed E-state index contributed by atoms with van der Waals surface area (Å²) in [5, 5.41) is 2.66. The van der Waals surface area contributed by atoms with Crippen molar-refractivity contribution in [2.75, 3.05) is 13.7 Å². The Labute approximate surface area is 136 Å². The second-order valence-electron chi connectivity index (χ2n) is 4.78. The standard InChI is InChI=1S/C15H16BrFN2O3/c1-4-19-8(2)12(14(20)22-3)13(18-15(19)21)10-6-5-9(16)7-11(10)17/h5-7,13H,4H2,1-3H3,(H,18,21)/t13-/m1/s1. The molecule has 0 saturated carbocycles. The van der Waals surface area contributed by atoms with E-state index in [0.717, 1.165) is 0 Å². The van der Waals surface area contributed by atoms with E-state index in [4.69, 9.17) is 4.74 Å². The third-order valence-electron chi connectivity index (χ3n) is 3.59. The number of methoxy groups -OCH3 is 1. The van der Waals surface area contributed by atoms with Crippen LogP contribution in [0.5, 0.6) is 0 Å². The zero-order chi connectivity index (χ0) is 16.4. The molecular formula is C15H16BrFN2O3. The van der Waals surface area contributed by atoms with Crippen molar-refractivity contribution < 1.29 is 18.7 Å². The van der Waals surface area contributed by atoms with Crippen LogP contribution in [-0.4, -0.2) is 30.6 Å². The first kappa shape index (κ1) is 16.5. The summed E-state index contributed by atoms with van der Waals surface area (Å²) in [6.45, 7) is 3.84. The summed E-state index contributed by atoms with van der Waals surface area (Å²) in [4.78, 5) is 25.7. The van der Waals surface area contributed by atoms with Crippen LogP contribution in [0.4, 0.5) is 9.18 Å². The minimum absolute atomic E-state index is 0.215. The van der Waals surface area contributed by atoms with Gasteiger partial charge in [-0.25, -0.2) is 14.0 Å². The number of ether oxygens (including phenoxy) is 1. The third kappa shape index (κ3) is 2.85. The van der Waals surface area contributed by atoms with Gasteiger partial charge in [0.2, 0.25) is 0 Å². The van der Waals surface area contributed by atoms with Crippen LogP contribution < -0.4 is 5.32 Å².